The summed E-state index contributed by atoms with van der Waals surface area (Å²) < 4.78 is 2.34. The summed E-state index contributed by atoms with van der Waals surface area (Å²) in [4.78, 5) is 0. The maximum Gasteiger partial charge on any atom is 0.0991 e. The molecule has 2 heteroatoms. The standard InChI is InChI=1S/C45H28N2/c46-29-30-22-27-34(31-23-25-33(26-24-31)47-42-20-10-8-14-35(42)36-15-9-11-21-43(36)47)41(28-30)45-39-18-6-4-16-37(39)44(32-12-2-1-3-13-32)38-17-5-7-19-40(38)45/h1-28H. The van der Waals surface area contributed by atoms with Crippen LogP contribution in [0.1, 0.15) is 5.56 Å². The Labute approximate surface area is 273 Å². The fraction of sp³-hybridized carbons (Fsp3) is 0. The van der Waals surface area contributed by atoms with Gasteiger partial charge < -0.3 is 4.57 Å². The van der Waals surface area contributed by atoms with Crippen molar-refractivity contribution in [1.82, 2.24) is 4.57 Å². The molecule has 0 atom stereocenters. The molecule has 0 spiro atoms. The summed E-state index contributed by atoms with van der Waals surface area (Å²) in [6, 6.07) is 62.6. The highest BCUT2D eigenvalue weighted by Gasteiger charge is 2.20. The van der Waals surface area contributed by atoms with Crippen molar-refractivity contribution in [2.45, 2.75) is 0 Å². The van der Waals surface area contributed by atoms with E-state index in [0.29, 0.717) is 5.56 Å². The second-order valence-electron chi connectivity index (χ2n) is 12.0. The molecule has 0 aliphatic carbocycles. The summed E-state index contributed by atoms with van der Waals surface area (Å²) in [5, 5.41) is 17.3. The number of fused-ring (bicyclic) bond motifs is 5. The molecule has 0 unspecified atom stereocenters. The Hall–Kier alpha value is -6.43. The molecule has 8 aromatic carbocycles. The van der Waals surface area contributed by atoms with E-state index in [9.17, 15) is 5.26 Å². The van der Waals surface area contributed by atoms with E-state index in [-0.39, 0.29) is 0 Å². The molecule has 0 radical (unpaired) electrons. The van der Waals surface area contributed by atoms with Gasteiger partial charge in [-0.1, -0.05) is 133 Å². The first kappa shape index (κ1) is 26.9. The summed E-state index contributed by atoms with van der Waals surface area (Å²) in [6.45, 7) is 0. The van der Waals surface area contributed by atoms with Gasteiger partial charge in [0.25, 0.3) is 0 Å². The average molecular weight is 597 g/mol. The Morgan fingerprint density at radius 1 is 0.383 bits per heavy atom. The minimum absolute atomic E-state index is 0.644. The third-order valence-corrected chi connectivity index (χ3v) is 9.43. The zero-order valence-corrected chi connectivity index (χ0v) is 25.6. The van der Waals surface area contributed by atoms with Crippen molar-refractivity contribution in [2.75, 3.05) is 0 Å². The van der Waals surface area contributed by atoms with Crippen molar-refractivity contribution in [3.63, 3.8) is 0 Å². The predicted octanol–water partition coefficient (Wildman–Crippen LogP) is 12.0. The molecule has 0 amide bonds. The number of rotatable bonds is 4. The van der Waals surface area contributed by atoms with Crippen molar-refractivity contribution < 1.29 is 0 Å². The lowest BCUT2D eigenvalue weighted by atomic mass is 9.83. The van der Waals surface area contributed by atoms with E-state index >= 15 is 0 Å². The number of benzene rings is 8. The molecule has 0 fully saturated rings. The Balaban J connectivity index is 1.29. The second-order valence-corrected chi connectivity index (χ2v) is 12.0. The van der Waals surface area contributed by atoms with E-state index in [0.717, 1.165) is 27.9 Å². The third-order valence-electron chi connectivity index (χ3n) is 9.43. The topological polar surface area (TPSA) is 28.7 Å². The molecule has 0 aliphatic heterocycles. The minimum atomic E-state index is 0.644. The maximum absolute atomic E-state index is 10.1. The number of nitriles is 1. The molecule has 47 heavy (non-hydrogen) atoms. The Kier molecular flexibility index (Phi) is 6.23. The molecular formula is C45H28N2. The third kappa shape index (κ3) is 4.26. The van der Waals surface area contributed by atoms with Crippen molar-refractivity contribution >= 4 is 43.4 Å². The normalized spacial score (nSPS) is 11.4. The first-order valence-electron chi connectivity index (χ1n) is 15.9. The molecule has 0 bridgehead atoms. The van der Waals surface area contributed by atoms with Gasteiger partial charge in [-0.2, -0.15) is 5.26 Å². The van der Waals surface area contributed by atoms with Crippen LogP contribution in [-0.2, 0) is 0 Å². The number of hydrogen-bond donors (Lipinski definition) is 0. The Bertz CT molecular complexity index is 2560. The monoisotopic (exact) mass is 596 g/mol. The van der Waals surface area contributed by atoms with Crippen molar-refractivity contribution in [1.29, 1.82) is 5.26 Å². The largest absolute Gasteiger partial charge is 0.309 e. The molecule has 1 aromatic heterocycles. The smallest absolute Gasteiger partial charge is 0.0991 e. The van der Waals surface area contributed by atoms with E-state index in [1.54, 1.807) is 0 Å². The predicted molar refractivity (Wildman–Crippen MR) is 197 cm³/mol. The summed E-state index contributed by atoms with van der Waals surface area (Å²) in [6.07, 6.45) is 0. The second kappa shape index (κ2) is 10.9. The van der Waals surface area contributed by atoms with Gasteiger partial charge >= 0.3 is 0 Å². The van der Waals surface area contributed by atoms with Crippen molar-refractivity contribution in [3.05, 3.63) is 175 Å². The van der Waals surface area contributed by atoms with Gasteiger partial charge in [-0.05, 0) is 91.3 Å². The summed E-state index contributed by atoms with van der Waals surface area (Å²) in [7, 11) is 0. The molecule has 0 N–H and O–H groups in total. The molecule has 9 rings (SSSR count). The van der Waals surface area contributed by atoms with E-state index in [4.69, 9.17) is 0 Å². The molecule has 1 heterocycles. The number of nitrogens with zero attached hydrogens (tertiary/aromatic N) is 2. The number of aromatic nitrogens is 1. The summed E-state index contributed by atoms with van der Waals surface area (Å²) in [5.74, 6) is 0. The van der Waals surface area contributed by atoms with Gasteiger partial charge in [0.1, 0.15) is 0 Å². The molecule has 0 saturated carbocycles. The zero-order valence-electron chi connectivity index (χ0n) is 25.6. The molecular weight excluding hydrogens is 569 g/mol. The van der Waals surface area contributed by atoms with Gasteiger partial charge in [0.2, 0.25) is 0 Å². The van der Waals surface area contributed by atoms with Crippen LogP contribution in [0.2, 0.25) is 0 Å². The minimum Gasteiger partial charge on any atom is -0.309 e. The Morgan fingerprint density at radius 2 is 0.872 bits per heavy atom. The van der Waals surface area contributed by atoms with Crippen LogP contribution in [-0.4, -0.2) is 4.57 Å². The highest BCUT2D eigenvalue weighted by atomic mass is 15.0. The summed E-state index contributed by atoms with van der Waals surface area (Å²) >= 11 is 0. The van der Waals surface area contributed by atoms with Crippen molar-refractivity contribution in [3.8, 4) is 45.1 Å². The highest BCUT2D eigenvalue weighted by Crippen LogP contribution is 2.46. The van der Waals surface area contributed by atoms with E-state index in [1.165, 1.54) is 54.5 Å². The molecule has 0 saturated heterocycles. The Morgan fingerprint density at radius 3 is 1.43 bits per heavy atom. The highest BCUT2D eigenvalue weighted by molar-refractivity contribution is 6.22. The van der Waals surface area contributed by atoms with Crippen LogP contribution in [0.15, 0.2) is 170 Å². The van der Waals surface area contributed by atoms with Crippen LogP contribution in [0.5, 0.6) is 0 Å². The number of para-hydroxylation sites is 2. The fourth-order valence-electron chi connectivity index (χ4n) is 7.40. The quantitative estimate of drug-likeness (QED) is 0.186. The van der Waals surface area contributed by atoms with E-state index in [1.807, 2.05) is 6.07 Å². The lowest BCUT2D eigenvalue weighted by molar-refractivity contribution is 1.18. The van der Waals surface area contributed by atoms with Gasteiger partial charge in [-0.15, -0.1) is 0 Å². The van der Waals surface area contributed by atoms with Crippen LogP contribution in [0.3, 0.4) is 0 Å². The first-order chi connectivity index (χ1) is 23.3. The SMILES string of the molecule is N#Cc1ccc(-c2ccc(-n3c4ccccc4c4ccccc43)cc2)c(-c2c3ccccc3c(-c3ccccc3)c3ccccc23)c1. The van der Waals surface area contributed by atoms with Gasteiger partial charge in [-0.3, -0.25) is 0 Å². The van der Waals surface area contributed by atoms with Gasteiger partial charge in [0.15, 0.2) is 0 Å². The zero-order chi connectivity index (χ0) is 31.3. The number of hydrogen-bond acceptors (Lipinski definition) is 1. The lowest BCUT2D eigenvalue weighted by Gasteiger charge is -2.20. The lowest BCUT2D eigenvalue weighted by Crippen LogP contribution is -1.95. The van der Waals surface area contributed by atoms with Crippen LogP contribution >= 0.6 is 0 Å². The average Bonchev–Trinajstić information content (AvgIpc) is 3.48. The molecule has 218 valence electrons. The van der Waals surface area contributed by atoms with Gasteiger partial charge in [0, 0.05) is 16.5 Å². The van der Waals surface area contributed by atoms with Crippen LogP contribution in [0.25, 0.3) is 82.4 Å². The van der Waals surface area contributed by atoms with Crippen LogP contribution in [0, 0.1) is 11.3 Å². The van der Waals surface area contributed by atoms with Crippen LogP contribution in [0.4, 0.5) is 0 Å². The maximum atomic E-state index is 10.1. The molecule has 0 aliphatic rings. The van der Waals surface area contributed by atoms with Crippen molar-refractivity contribution in [2.24, 2.45) is 0 Å². The first-order valence-corrected chi connectivity index (χ1v) is 15.9. The molecule has 9 aromatic rings. The van der Waals surface area contributed by atoms with Gasteiger partial charge in [-0.25, -0.2) is 0 Å². The van der Waals surface area contributed by atoms with Gasteiger partial charge in [0.05, 0.1) is 22.7 Å². The fourth-order valence-corrected chi connectivity index (χ4v) is 7.40. The van der Waals surface area contributed by atoms with E-state index < -0.39 is 0 Å². The molecule has 2 nitrogen and oxygen atoms in total. The van der Waals surface area contributed by atoms with Crippen LogP contribution < -0.4 is 0 Å². The van der Waals surface area contributed by atoms with E-state index in [2.05, 4.69) is 174 Å². The summed E-state index contributed by atoms with van der Waals surface area (Å²) in [5.41, 5.74) is 11.0.